The number of carboxylic acid groups (broad SMARTS) is 1. The van der Waals surface area contributed by atoms with E-state index in [-0.39, 0.29) is 23.7 Å². The Morgan fingerprint density at radius 3 is 2.39 bits per heavy atom. The van der Waals surface area contributed by atoms with E-state index >= 15 is 4.39 Å². The van der Waals surface area contributed by atoms with Gasteiger partial charge in [-0.1, -0.05) is 28.1 Å². The smallest absolute Gasteiger partial charge is 0.303 e. The standard InChI is InChI=1S/C27H33BrFNO3/c28-22-3-1-2-20-19(10-24(32)33)13-26(25(20)22)4-6-30(7-5-26)23(31)11-21-17-8-16-9-18(21)15-27(29,12-16)14-17/h1-3,16-19,21H,4-15H2,(H,32,33). The zero-order valence-electron chi connectivity index (χ0n) is 19.1. The molecule has 33 heavy (non-hydrogen) atoms. The lowest BCUT2D eigenvalue weighted by molar-refractivity contribution is -0.144. The molecule has 4 saturated carbocycles. The number of hydrogen-bond acceptors (Lipinski definition) is 2. The van der Waals surface area contributed by atoms with Crippen molar-refractivity contribution in [3.63, 3.8) is 0 Å². The number of carbonyl (C=O) groups is 2. The fourth-order valence-corrected chi connectivity index (χ4v) is 9.65. The Morgan fingerprint density at radius 1 is 1.06 bits per heavy atom. The molecule has 1 heterocycles. The van der Waals surface area contributed by atoms with Crippen molar-refractivity contribution in [2.45, 2.75) is 81.2 Å². The van der Waals surface area contributed by atoms with Gasteiger partial charge in [0.15, 0.2) is 0 Å². The van der Waals surface area contributed by atoms with Crippen molar-refractivity contribution < 1.29 is 19.1 Å². The second kappa shape index (κ2) is 7.79. The highest BCUT2D eigenvalue weighted by atomic mass is 79.9. The highest BCUT2D eigenvalue weighted by Crippen LogP contribution is 2.61. The molecule has 5 aliphatic carbocycles. The summed E-state index contributed by atoms with van der Waals surface area (Å²) in [6.45, 7) is 1.47. The first-order valence-corrected chi connectivity index (χ1v) is 13.5. The third kappa shape index (κ3) is 3.66. The second-order valence-electron chi connectivity index (χ2n) is 11.9. The highest BCUT2D eigenvalue weighted by molar-refractivity contribution is 9.10. The number of benzene rings is 1. The highest BCUT2D eigenvalue weighted by Gasteiger charge is 2.56. The molecular formula is C27H33BrFNO3. The fourth-order valence-electron chi connectivity index (χ4n) is 8.85. The van der Waals surface area contributed by atoms with Crippen LogP contribution < -0.4 is 0 Å². The number of fused-ring (bicyclic) bond motifs is 2. The minimum absolute atomic E-state index is 0.0401. The average molecular weight is 518 g/mol. The molecule has 0 aromatic heterocycles. The molecule has 6 heteroatoms. The maximum Gasteiger partial charge on any atom is 0.303 e. The molecule has 1 amide bonds. The molecule has 1 spiro atoms. The molecule has 7 rings (SSSR count). The van der Waals surface area contributed by atoms with Crippen LogP contribution in [0.1, 0.15) is 81.3 Å². The number of likely N-dealkylation sites (tertiary alicyclic amines) is 1. The Balaban J connectivity index is 1.14. The minimum Gasteiger partial charge on any atom is -0.481 e. The van der Waals surface area contributed by atoms with E-state index in [0.717, 1.165) is 56.1 Å². The molecule has 1 aromatic rings. The van der Waals surface area contributed by atoms with Gasteiger partial charge in [0.25, 0.3) is 0 Å². The van der Waals surface area contributed by atoms with E-state index in [1.165, 1.54) is 11.1 Å². The number of hydrogen-bond donors (Lipinski definition) is 1. The Kier molecular flexibility index (Phi) is 5.21. The van der Waals surface area contributed by atoms with E-state index in [1.807, 2.05) is 11.0 Å². The third-order valence-corrected chi connectivity index (χ3v) is 10.6. The number of amides is 1. The predicted molar refractivity (Wildman–Crippen MR) is 127 cm³/mol. The summed E-state index contributed by atoms with van der Waals surface area (Å²) in [6, 6.07) is 6.15. The van der Waals surface area contributed by atoms with Crippen molar-refractivity contribution in [3.8, 4) is 0 Å². The maximum absolute atomic E-state index is 15.0. The van der Waals surface area contributed by atoms with E-state index < -0.39 is 11.6 Å². The lowest BCUT2D eigenvalue weighted by Gasteiger charge is -2.57. The van der Waals surface area contributed by atoms with Gasteiger partial charge in [-0.15, -0.1) is 0 Å². The first-order chi connectivity index (χ1) is 15.8. The van der Waals surface area contributed by atoms with Gasteiger partial charge in [-0.3, -0.25) is 9.59 Å². The zero-order chi connectivity index (χ0) is 23.0. The molecule has 1 aromatic carbocycles. The van der Waals surface area contributed by atoms with Crippen LogP contribution in [0.2, 0.25) is 0 Å². The number of carboxylic acids is 1. The Bertz CT molecular complexity index is 972. The molecular weight excluding hydrogens is 485 g/mol. The van der Waals surface area contributed by atoms with Gasteiger partial charge in [-0.25, -0.2) is 4.39 Å². The molecule has 6 aliphatic rings. The number of alkyl halides is 1. The van der Waals surface area contributed by atoms with Crippen molar-refractivity contribution in [3.05, 3.63) is 33.8 Å². The van der Waals surface area contributed by atoms with Gasteiger partial charge in [0, 0.05) is 29.4 Å². The van der Waals surface area contributed by atoms with E-state index in [1.54, 1.807) is 0 Å². The first kappa shape index (κ1) is 22.1. The van der Waals surface area contributed by atoms with Crippen LogP contribution in [0, 0.1) is 23.7 Å². The third-order valence-electron chi connectivity index (χ3n) is 9.95. The second-order valence-corrected chi connectivity index (χ2v) is 12.7. The molecule has 178 valence electrons. The van der Waals surface area contributed by atoms with Gasteiger partial charge in [-0.05, 0) is 98.1 Å². The molecule has 1 aliphatic heterocycles. The minimum atomic E-state index is -0.941. The average Bonchev–Trinajstić information content (AvgIpc) is 3.03. The van der Waals surface area contributed by atoms with Crippen LogP contribution in [0.5, 0.6) is 0 Å². The molecule has 4 nitrogen and oxygen atoms in total. The first-order valence-electron chi connectivity index (χ1n) is 12.7. The van der Waals surface area contributed by atoms with Crippen molar-refractivity contribution in [1.29, 1.82) is 0 Å². The van der Waals surface area contributed by atoms with Crippen molar-refractivity contribution in [2.24, 2.45) is 23.7 Å². The molecule has 3 atom stereocenters. The van der Waals surface area contributed by atoms with Crippen molar-refractivity contribution >= 4 is 27.8 Å². The van der Waals surface area contributed by atoms with Gasteiger partial charge in [0.2, 0.25) is 5.91 Å². The molecule has 4 bridgehead atoms. The summed E-state index contributed by atoms with van der Waals surface area (Å²) in [4.78, 5) is 26.9. The summed E-state index contributed by atoms with van der Waals surface area (Å²) in [5.41, 5.74) is 1.46. The van der Waals surface area contributed by atoms with Gasteiger partial charge < -0.3 is 10.0 Å². The van der Waals surface area contributed by atoms with Crippen LogP contribution in [0.15, 0.2) is 22.7 Å². The van der Waals surface area contributed by atoms with Gasteiger partial charge in [-0.2, -0.15) is 0 Å². The lowest BCUT2D eigenvalue weighted by atomic mass is 9.50. The number of nitrogens with zero attached hydrogens (tertiary/aromatic N) is 1. The summed E-state index contributed by atoms with van der Waals surface area (Å²) in [5, 5.41) is 9.44. The lowest BCUT2D eigenvalue weighted by Crippen LogP contribution is -2.54. The number of carbonyl (C=O) groups excluding carboxylic acids is 1. The summed E-state index contributed by atoms with van der Waals surface area (Å²) in [7, 11) is 0. The topological polar surface area (TPSA) is 57.6 Å². The zero-order valence-corrected chi connectivity index (χ0v) is 20.7. The van der Waals surface area contributed by atoms with E-state index in [4.69, 9.17) is 0 Å². The largest absolute Gasteiger partial charge is 0.481 e. The molecule has 3 unspecified atom stereocenters. The van der Waals surface area contributed by atoms with E-state index in [2.05, 4.69) is 28.1 Å². The van der Waals surface area contributed by atoms with Crippen LogP contribution in [-0.4, -0.2) is 40.6 Å². The van der Waals surface area contributed by atoms with Crippen molar-refractivity contribution in [1.82, 2.24) is 4.90 Å². The summed E-state index contributed by atoms with van der Waals surface area (Å²) in [5.74, 6) is 1.26. The van der Waals surface area contributed by atoms with Crippen LogP contribution >= 0.6 is 15.9 Å². The summed E-state index contributed by atoms with van der Waals surface area (Å²) >= 11 is 3.74. The van der Waals surface area contributed by atoms with Gasteiger partial charge in [0.05, 0.1) is 6.42 Å². The predicted octanol–water partition coefficient (Wildman–Crippen LogP) is 5.83. The number of rotatable bonds is 4. The Hall–Kier alpha value is -1.43. The monoisotopic (exact) mass is 517 g/mol. The molecule has 0 radical (unpaired) electrons. The molecule has 5 fully saturated rings. The fraction of sp³-hybridized carbons (Fsp3) is 0.704. The molecule has 1 saturated heterocycles. The van der Waals surface area contributed by atoms with Crippen LogP contribution in [-0.2, 0) is 15.0 Å². The molecule has 1 N–H and O–H groups in total. The maximum atomic E-state index is 15.0. The Morgan fingerprint density at radius 2 is 1.76 bits per heavy atom. The van der Waals surface area contributed by atoms with Crippen LogP contribution in [0.3, 0.4) is 0 Å². The Labute approximate surface area is 203 Å². The SMILES string of the molecule is O=C(O)CC1CC2(CCN(C(=O)CC3C4CC5CC3CC(F)(C5)C4)CC2)c2c(Br)cccc21. The quantitative estimate of drug-likeness (QED) is 0.546. The number of aliphatic carboxylic acids is 1. The summed E-state index contributed by atoms with van der Waals surface area (Å²) < 4.78 is 16.1. The van der Waals surface area contributed by atoms with Crippen LogP contribution in [0.4, 0.5) is 4.39 Å². The van der Waals surface area contributed by atoms with Gasteiger partial charge in [0.1, 0.15) is 5.67 Å². The number of halogens is 2. The van der Waals surface area contributed by atoms with Gasteiger partial charge >= 0.3 is 5.97 Å². The van der Waals surface area contributed by atoms with E-state index in [9.17, 15) is 14.7 Å². The normalized spacial score (nSPS) is 38.0. The number of piperidine rings is 1. The summed E-state index contributed by atoms with van der Waals surface area (Å²) in [6.07, 6.45) is 7.74. The van der Waals surface area contributed by atoms with E-state index in [0.29, 0.717) is 42.9 Å². The van der Waals surface area contributed by atoms with Crippen LogP contribution in [0.25, 0.3) is 0 Å². The van der Waals surface area contributed by atoms with Crippen molar-refractivity contribution in [2.75, 3.05) is 13.1 Å².